The molecule has 3 atom stereocenters. The van der Waals surface area contributed by atoms with Gasteiger partial charge >= 0.3 is 0 Å². The first-order valence-corrected chi connectivity index (χ1v) is 12.8. The molecule has 1 saturated heterocycles. The minimum absolute atomic E-state index is 0.0213. The average molecular weight is 503 g/mol. The van der Waals surface area contributed by atoms with E-state index in [1.807, 2.05) is 13.1 Å². The van der Waals surface area contributed by atoms with Crippen LogP contribution in [0.15, 0.2) is 30.3 Å². The van der Waals surface area contributed by atoms with Gasteiger partial charge in [-0.05, 0) is 68.9 Å². The lowest BCUT2D eigenvalue weighted by molar-refractivity contribution is -0.113. The monoisotopic (exact) mass is 502 g/mol. The molecular formula is C25H28ClFN4O2S. The summed E-state index contributed by atoms with van der Waals surface area (Å²) in [4.78, 5) is 18.4. The van der Waals surface area contributed by atoms with Gasteiger partial charge in [0.2, 0.25) is 5.91 Å². The fourth-order valence-corrected chi connectivity index (χ4v) is 6.50. The lowest BCUT2D eigenvalue weighted by Gasteiger charge is -2.54. The van der Waals surface area contributed by atoms with Crippen LogP contribution in [-0.4, -0.2) is 54.4 Å². The normalized spacial score (nSPS) is 24.1. The van der Waals surface area contributed by atoms with Crippen LogP contribution in [0.3, 0.4) is 0 Å². The summed E-state index contributed by atoms with van der Waals surface area (Å²) >= 11 is 6.75. The SMILES string of the molecule is CN[C@H]1[C@H]2Cc3ccc(OCc4cc5nc(NC(=O)CCl)sc5cc4F)cc3[C@]1(C)CCN2C. The number of carbonyl (C=O) groups is 1. The van der Waals surface area contributed by atoms with Gasteiger partial charge < -0.3 is 20.3 Å². The first kappa shape index (κ1) is 23.5. The van der Waals surface area contributed by atoms with E-state index < -0.39 is 0 Å². The van der Waals surface area contributed by atoms with Crippen molar-refractivity contribution in [3.63, 3.8) is 0 Å². The van der Waals surface area contributed by atoms with Crippen molar-refractivity contribution in [1.29, 1.82) is 0 Å². The number of benzene rings is 2. The highest BCUT2D eigenvalue weighted by atomic mass is 35.5. The number of likely N-dealkylation sites (N-methyl/N-ethyl adjacent to an activating group) is 2. The molecule has 0 saturated carbocycles. The highest BCUT2D eigenvalue weighted by Crippen LogP contribution is 2.45. The van der Waals surface area contributed by atoms with Gasteiger partial charge in [-0.15, -0.1) is 11.6 Å². The average Bonchev–Trinajstić information content (AvgIpc) is 3.20. The molecular weight excluding hydrogens is 475 g/mol. The Labute approximate surface area is 207 Å². The highest BCUT2D eigenvalue weighted by Gasteiger charge is 2.49. The molecule has 34 heavy (non-hydrogen) atoms. The van der Waals surface area contributed by atoms with Crippen molar-refractivity contribution < 1.29 is 13.9 Å². The number of ether oxygens (including phenoxy) is 1. The Morgan fingerprint density at radius 2 is 2.21 bits per heavy atom. The lowest BCUT2D eigenvalue weighted by Crippen LogP contribution is -2.65. The summed E-state index contributed by atoms with van der Waals surface area (Å²) in [5, 5.41) is 6.58. The van der Waals surface area contributed by atoms with Crippen LogP contribution in [0, 0.1) is 5.82 Å². The van der Waals surface area contributed by atoms with Crippen LogP contribution in [0.1, 0.15) is 30.0 Å². The van der Waals surface area contributed by atoms with E-state index in [0.717, 1.165) is 25.1 Å². The van der Waals surface area contributed by atoms with Crippen LogP contribution >= 0.6 is 22.9 Å². The van der Waals surface area contributed by atoms with E-state index in [4.69, 9.17) is 16.3 Å². The number of piperidine rings is 1. The third-order valence-corrected chi connectivity index (χ3v) is 8.55. The molecule has 1 amide bonds. The Balaban J connectivity index is 1.38. The molecule has 3 aromatic rings. The molecule has 2 N–H and O–H groups in total. The summed E-state index contributed by atoms with van der Waals surface area (Å²) in [5.74, 6) is -0.123. The van der Waals surface area contributed by atoms with E-state index in [1.165, 1.54) is 28.5 Å². The maximum atomic E-state index is 14.8. The van der Waals surface area contributed by atoms with Gasteiger partial charge in [-0.25, -0.2) is 9.37 Å². The number of carbonyl (C=O) groups excluding carboxylic acids is 1. The first-order chi connectivity index (χ1) is 16.3. The number of likely N-dealkylation sites (tertiary alicyclic amines) is 1. The second kappa shape index (κ2) is 9.07. The van der Waals surface area contributed by atoms with Crippen LogP contribution in [0.4, 0.5) is 9.52 Å². The largest absolute Gasteiger partial charge is 0.489 e. The zero-order valence-electron chi connectivity index (χ0n) is 19.5. The fraction of sp³-hybridized carbons (Fsp3) is 0.440. The van der Waals surface area contributed by atoms with Crippen LogP contribution in [0.5, 0.6) is 5.75 Å². The summed E-state index contributed by atoms with van der Waals surface area (Å²) < 4.78 is 21.5. The molecule has 2 aliphatic rings. The Morgan fingerprint density at radius 1 is 1.38 bits per heavy atom. The highest BCUT2D eigenvalue weighted by molar-refractivity contribution is 7.22. The molecule has 1 fully saturated rings. The van der Waals surface area contributed by atoms with E-state index in [0.29, 0.717) is 33.0 Å². The second-order valence-corrected chi connectivity index (χ2v) is 10.7. The topological polar surface area (TPSA) is 66.5 Å². The quantitative estimate of drug-likeness (QED) is 0.492. The van der Waals surface area contributed by atoms with Crippen molar-refractivity contribution >= 4 is 44.2 Å². The smallest absolute Gasteiger partial charge is 0.241 e. The zero-order valence-corrected chi connectivity index (χ0v) is 21.0. The molecule has 1 aliphatic carbocycles. The number of alkyl halides is 1. The van der Waals surface area contributed by atoms with Crippen LogP contribution in [0.2, 0.25) is 0 Å². The summed E-state index contributed by atoms with van der Waals surface area (Å²) in [6, 6.07) is 10.2. The molecule has 5 rings (SSSR count). The summed E-state index contributed by atoms with van der Waals surface area (Å²) in [5.41, 5.74) is 3.74. The van der Waals surface area contributed by atoms with Gasteiger partial charge in [0.05, 0.1) is 10.2 Å². The van der Waals surface area contributed by atoms with Crippen molar-refractivity contribution in [3.8, 4) is 5.75 Å². The lowest BCUT2D eigenvalue weighted by atomic mass is 9.62. The van der Waals surface area contributed by atoms with Gasteiger partial charge in [0.1, 0.15) is 24.1 Å². The summed E-state index contributed by atoms with van der Waals surface area (Å²) in [6.07, 6.45) is 2.07. The number of hydrogen-bond acceptors (Lipinski definition) is 6. The number of halogens is 2. The zero-order chi connectivity index (χ0) is 24.0. The van der Waals surface area contributed by atoms with Gasteiger partial charge in [-0.2, -0.15) is 0 Å². The molecule has 180 valence electrons. The number of hydrogen-bond donors (Lipinski definition) is 2. The Kier molecular flexibility index (Phi) is 6.27. The molecule has 0 radical (unpaired) electrons. The predicted molar refractivity (Wildman–Crippen MR) is 135 cm³/mol. The molecule has 1 aromatic heterocycles. The second-order valence-electron chi connectivity index (χ2n) is 9.41. The van der Waals surface area contributed by atoms with Crippen LogP contribution < -0.4 is 15.4 Å². The number of fused-ring (bicyclic) bond motifs is 5. The molecule has 1 aliphatic heterocycles. The van der Waals surface area contributed by atoms with Gasteiger partial charge in [0.25, 0.3) is 0 Å². The number of amides is 1. The molecule has 2 heterocycles. The maximum Gasteiger partial charge on any atom is 0.241 e. The molecule has 9 heteroatoms. The van der Waals surface area contributed by atoms with Gasteiger partial charge in [0, 0.05) is 23.1 Å². The van der Waals surface area contributed by atoms with E-state index in [2.05, 4.69) is 46.6 Å². The number of nitrogens with zero attached hydrogens (tertiary/aromatic N) is 2. The Morgan fingerprint density at radius 3 is 2.97 bits per heavy atom. The minimum atomic E-state index is -0.357. The molecule has 2 aromatic carbocycles. The van der Waals surface area contributed by atoms with E-state index in [9.17, 15) is 9.18 Å². The first-order valence-electron chi connectivity index (χ1n) is 11.4. The fourth-order valence-electron chi connectivity index (χ4n) is 5.55. The molecule has 0 unspecified atom stereocenters. The van der Waals surface area contributed by atoms with Crippen molar-refractivity contribution in [3.05, 3.63) is 52.8 Å². The van der Waals surface area contributed by atoms with Crippen molar-refractivity contribution in [2.24, 2.45) is 0 Å². The standard InChI is InChI=1S/C25H28ClFN4O2S/c1-25-6-7-31(3)20(23(25)28-2)9-14-4-5-16(10-17(14)25)33-13-15-8-19-21(11-18(15)27)34-24(29-19)30-22(32)12-26/h4-5,8,10-11,20,23,28H,6-7,9,12-13H2,1-3H3,(H,29,30,32)/t20-,23+,25+/m1/s1. The number of rotatable bonds is 6. The summed E-state index contributed by atoms with van der Waals surface area (Å²) in [6.45, 7) is 3.50. The minimum Gasteiger partial charge on any atom is -0.489 e. The van der Waals surface area contributed by atoms with Gasteiger partial charge in [-0.3, -0.25) is 4.79 Å². The van der Waals surface area contributed by atoms with Crippen molar-refractivity contribution in [2.75, 3.05) is 31.8 Å². The van der Waals surface area contributed by atoms with E-state index in [-0.39, 0.29) is 29.6 Å². The van der Waals surface area contributed by atoms with E-state index >= 15 is 0 Å². The third kappa shape index (κ3) is 4.06. The van der Waals surface area contributed by atoms with Crippen molar-refractivity contribution in [1.82, 2.24) is 15.2 Å². The van der Waals surface area contributed by atoms with E-state index in [1.54, 1.807) is 6.07 Å². The molecule has 6 nitrogen and oxygen atoms in total. The number of nitrogens with one attached hydrogen (secondary N) is 2. The Bertz CT molecular complexity index is 1250. The molecule has 0 spiro atoms. The van der Waals surface area contributed by atoms with Crippen LogP contribution in [0.25, 0.3) is 10.2 Å². The van der Waals surface area contributed by atoms with Crippen molar-refractivity contribution in [2.45, 2.75) is 43.9 Å². The summed E-state index contributed by atoms with van der Waals surface area (Å²) in [7, 11) is 4.25. The van der Waals surface area contributed by atoms with Crippen LogP contribution in [-0.2, 0) is 23.2 Å². The number of aromatic nitrogens is 1. The Hall–Kier alpha value is -2.26. The molecule has 2 bridgehead atoms. The number of thiazole rings is 1. The van der Waals surface area contributed by atoms with Gasteiger partial charge in [-0.1, -0.05) is 24.3 Å². The predicted octanol–water partition coefficient (Wildman–Crippen LogP) is 4.30. The third-order valence-electron chi connectivity index (χ3n) is 7.38. The maximum absolute atomic E-state index is 14.8. The number of anilines is 1. The van der Waals surface area contributed by atoms with Gasteiger partial charge in [0.15, 0.2) is 5.13 Å².